The minimum absolute atomic E-state index is 0.198. The second kappa shape index (κ2) is 5.25. The summed E-state index contributed by atoms with van der Waals surface area (Å²) >= 11 is 0. The Labute approximate surface area is 121 Å². The van der Waals surface area contributed by atoms with Gasteiger partial charge in [0.2, 0.25) is 0 Å². The van der Waals surface area contributed by atoms with Gasteiger partial charge >= 0.3 is 5.97 Å². The fraction of sp³-hybridized carbons (Fsp3) is 0.0588. The van der Waals surface area contributed by atoms with Gasteiger partial charge in [0, 0.05) is 11.6 Å². The third-order valence-electron chi connectivity index (χ3n) is 3.25. The van der Waals surface area contributed by atoms with Crippen LogP contribution in [0.1, 0.15) is 15.9 Å². The number of hydrogen-bond donors (Lipinski definition) is 1. The highest BCUT2D eigenvalue weighted by atomic mass is 16.5. The highest BCUT2D eigenvalue weighted by molar-refractivity contribution is 5.88. The number of fused-ring (bicyclic) bond motifs is 1. The molecule has 0 aliphatic carbocycles. The number of rotatable bonds is 3. The van der Waals surface area contributed by atoms with Crippen LogP contribution in [0, 0.1) is 6.92 Å². The third kappa shape index (κ3) is 2.56. The van der Waals surface area contributed by atoms with Crippen molar-refractivity contribution in [1.29, 1.82) is 0 Å². The number of nitrogens with zero attached hydrogens (tertiary/aromatic N) is 1. The lowest BCUT2D eigenvalue weighted by Gasteiger charge is -2.11. The fourth-order valence-corrected chi connectivity index (χ4v) is 2.12. The molecule has 3 rings (SSSR count). The van der Waals surface area contributed by atoms with Crippen LogP contribution in [0.4, 0.5) is 0 Å². The van der Waals surface area contributed by atoms with Crippen molar-refractivity contribution in [3.63, 3.8) is 0 Å². The number of carboxylic acid groups (broad SMARTS) is 1. The minimum atomic E-state index is -0.976. The molecule has 0 spiro atoms. The van der Waals surface area contributed by atoms with Gasteiger partial charge in [-0.05, 0) is 36.8 Å². The molecule has 0 amide bonds. The van der Waals surface area contributed by atoms with Crippen molar-refractivity contribution in [2.45, 2.75) is 6.92 Å². The molecule has 3 aromatic rings. The quantitative estimate of drug-likeness (QED) is 0.786. The summed E-state index contributed by atoms with van der Waals surface area (Å²) in [5.41, 5.74) is 1.82. The molecule has 1 N–H and O–H groups in total. The van der Waals surface area contributed by atoms with Crippen LogP contribution in [0.3, 0.4) is 0 Å². The first kappa shape index (κ1) is 13.1. The highest BCUT2D eigenvalue weighted by Gasteiger charge is 2.10. The second-order valence-corrected chi connectivity index (χ2v) is 4.72. The highest BCUT2D eigenvalue weighted by Crippen LogP contribution is 2.30. The zero-order chi connectivity index (χ0) is 14.8. The molecule has 0 aliphatic heterocycles. The first-order valence-electron chi connectivity index (χ1n) is 6.51. The normalized spacial score (nSPS) is 10.5. The van der Waals surface area contributed by atoms with Crippen LogP contribution >= 0.6 is 0 Å². The Morgan fingerprint density at radius 2 is 1.90 bits per heavy atom. The largest absolute Gasteiger partial charge is 0.478 e. The molecular formula is C17H13NO3. The molecule has 0 bridgehead atoms. The molecule has 0 unspecified atom stereocenters. The van der Waals surface area contributed by atoms with Crippen LogP contribution in [0.5, 0.6) is 11.5 Å². The van der Waals surface area contributed by atoms with Gasteiger partial charge in [-0.1, -0.05) is 24.3 Å². The number of aryl methyl sites for hydroxylation is 1. The van der Waals surface area contributed by atoms with Crippen LogP contribution < -0.4 is 4.74 Å². The topological polar surface area (TPSA) is 59.4 Å². The van der Waals surface area contributed by atoms with Gasteiger partial charge in [-0.2, -0.15) is 0 Å². The maximum absolute atomic E-state index is 11.1. The van der Waals surface area contributed by atoms with Crippen LogP contribution in [0.15, 0.2) is 54.7 Å². The zero-order valence-corrected chi connectivity index (χ0v) is 11.4. The van der Waals surface area contributed by atoms with E-state index in [0.29, 0.717) is 11.5 Å². The number of pyridine rings is 1. The standard InChI is InChI=1S/C17H13NO3/c1-11-7-8-13(17(19)20)10-15(11)21-14-6-2-4-12-5-3-9-18-16(12)14/h2-10H,1H3,(H,19,20). The molecule has 0 radical (unpaired) electrons. The molecule has 2 aromatic carbocycles. The first-order chi connectivity index (χ1) is 10.1. The molecule has 0 aliphatic rings. The molecule has 0 saturated carbocycles. The van der Waals surface area contributed by atoms with Crippen molar-refractivity contribution >= 4 is 16.9 Å². The van der Waals surface area contributed by atoms with Crippen molar-refractivity contribution in [1.82, 2.24) is 4.98 Å². The van der Waals surface area contributed by atoms with Gasteiger partial charge in [-0.3, -0.25) is 4.98 Å². The lowest BCUT2D eigenvalue weighted by Crippen LogP contribution is -1.98. The number of hydrogen-bond acceptors (Lipinski definition) is 3. The Hall–Kier alpha value is -2.88. The smallest absolute Gasteiger partial charge is 0.335 e. The number of aromatic carboxylic acids is 1. The summed E-state index contributed by atoms with van der Waals surface area (Å²) < 4.78 is 5.89. The summed E-state index contributed by atoms with van der Waals surface area (Å²) in [6.07, 6.45) is 1.70. The van der Waals surface area contributed by atoms with E-state index in [1.807, 2.05) is 37.3 Å². The second-order valence-electron chi connectivity index (χ2n) is 4.72. The van der Waals surface area contributed by atoms with Crippen molar-refractivity contribution in [2.24, 2.45) is 0 Å². The number of aromatic nitrogens is 1. The Morgan fingerprint density at radius 3 is 2.71 bits per heavy atom. The van der Waals surface area contributed by atoms with Crippen LogP contribution in [-0.2, 0) is 0 Å². The van der Waals surface area contributed by atoms with E-state index in [-0.39, 0.29) is 5.56 Å². The van der Waals surface area contributed by atoms with Gasteiger partial charge in [0.15, 0.2) is 5.75 Å². The summed E-state index contributed by atoms with van der Waals surface area (Å²) in [6, 6.07) is 14.3. The van der Waals surface area contributed by atoms with Gasteiger partial charge in [0.05, 0.1) is 5.56 Å². The Balaban J connectivity index is 2.06. The zero-order valence-electron chi connectivity index (χ0n) is 11.4. The number of benzene rings is 2. The number of ether oxygens (including phenoxy) is 1. The molecule has 0 atom stereocenters. The summed E-state index contributed by atoms with van der Waals surface area (Å²) in [5, 5.41) is 10.0. The van der Waals surface area contributed by atoms with Gasteiger partial charge in [0.25, 0.3) is 0 Å². The van der Waals surface area contributed by atoms with E-state index in [4.69, 9.17) is 9.84 Å². The molecule has 1 aromatic heterocycles. The molecule has 4 heteroatoms. The van der Waals surface area contributed by atoms with Gasteiger partial charge in [-0.15, -0.1) is 0 Å². The van der Waals surface area contributed by atoms with E-state index in [0.717, 1.165) is 16.5 Å². The molecule has 1 heterocycles. The van der Waals surface area contributed by atoms with Crippen molar-refractivity contribution in [3.05, 3.63) is 65.9 Å². The summed E-state index contributed by atoms with van der Waals surface area (Å²) in [7, 11) is 0. The Bertz CT molecular complexity index is 822. The molecule has 0 saturated heterocycles. The molecule has 4 nitrogen and oxygen atoms in total. The van der Waals surface area contributed by atoms with Crippen molar-refractivity contribution in [3.8, 4) is 11.5 Å². The average Bonchev–Trinajstić information content (AvgIpc) is 2.49. The lowest BCUT2D eigenvalue weighted by molar-refractivity contribution is 0.0696. The predicted molar refractivity (Wildman–Crippen MR) is 80.0 cm³/mol. The van der Waals surface area contributed by atoms with Crippen molar-refractivity contribution in [2.75, 3.05) is 0 Å². The number of carbonyl (C=O) groups is 1. The Morgan fingerprint density at radius 1 is 1.10 bits per heavy atom. The predicted octanol–water partition coefficient (Wildman–Crippen LogP) is 4.03. The van der Waals surface area contributed by atoms with Gasteiger partial charge < -0.3 is 9.84 Å². The summed E-state index contributed by atoms with van der Waals surface area (Å²) in [5.74, 6) is 0.155. The molecule has 0 fully saturated rings. The Kier molecular flexibility index (Phi) is 3.28. The average molecular weight is 279 g/mol. The third-order valence-corrected chi connectivity index (χ3v) is 3.25. The SMILES string of the molecule is Cc1ccc(C(=O)O)cc1Oc1cccc2cccnc12. The lowest BCUT2D eigenvalue weighted by atomic mass is 10.1. The van der Waals surface area contributed by atoms with Crippen molar-refractivity contribution < 1.29 is 14.6 Å². The van der Waals surface area contributed by atoms with E-state index in [1.54, 1.807) is 18.3 Å². The van der Waals surface area contributed by atoms with Crippen LogP contribution in [0.25, 0.3) is 10.9 Å². The summed E-state index contributed by atoms with van der Waals surface area (Å²) in [4.78, 5) is 15.4. The van der Waals surface area contributed by atoms with E-state index in [1.165, 1.54) is 6.07 Å². The first-order valence-corrected chi connectivity index (χ1v) is 6.51. The van der Waals surface area contributed by atoms with Gasteiger partial charge in [-0.25, -0.2) is 4.79 Å². The van der Waals surface area contributed by atoms with Crippen LogP contribution in [-0.4, -0.2) is 16.1 Å². The molecular weight excluding hydrogens is 266 g/mol. The van der Waals surface area contributed by atoms with E-state index in [2.05, 4.69) is 4.98 Å². The molecule has 21 heavy (non-hydrogen) atoms. The fourth-order valence-electron chi connectivity index (χ4n) is 2.12. The summed E-state index contributed by atoms with van der Waals surface area (Å²) in [6.45, 7) is 1.87. The van der Waals surface area contributed by atoms with Crippen LogP contribution in [0.2, 0.25) is 0 Å². The monoisotopic (exact) mass is 279 g/mol. The number of para-hydroxylation sites is 1. The van der Waals surface area contributed by atoms with E-state index in [9.17, 15) is 4.79 Å². The maximum atomic E-state index is 11.1. The van der Waals surface area contributed by atoms with E-state index >= 15 is 0 Å². The minimum Gasteiger partial charge on any atom is -0.478 e. The number of carboxylic acids is 1. The molecule has 104 valence electrons. The maximum Gasteiger partial charge on any atom is 0.335 e. The van der Waals surface area contributed by atoms with Gasteiger partial charge in [0.1, 0.15) is 11.3 Å². The van der Waals surface area contributed by atoms with E-state index < -0.39 is 5.97 Å².